The van der Waals surface area contributed by atoms with Crippen molar-refractivity contribution in [3.05, 3.63) is 64.9 Å². The Morgan fingerprint density at radius 3 is 2.67 bits per heavy atom. The summed E-state index contributed by atoms with van der Waals surface area (Å²) in [4.78, 5) is 38.5. The number of likely N-dealkylation sites (N-methyl/N-ethyl adjacent to an activating group) is 1. The molecule has 3 rings (SSSR count). The third-order valence-corrected chi connectivity index (χ3v) is 4.99. The van der Waals surface area contributed by atoms with E-state index < -0.39 is 29.9 Å². The fourth-order valence-electron chi connectivity index (χ4n) is 3.17. The first-order valence-corrected chi connectivity index (χ1v) is 9.81. The zero-order valence-electron chi connectivity index (χ0n) is 16.2. The molecule has 0 aliphatic carbocycles. The van der Waals surface area contributed by atoms with E-state index in [0.29, 0.717) is 12.2 Å². The molecule has 0 unspecified atom stereocenters. The Bertz CT molecular complexity index is 941. The molecule has 0 radical (unpaired) electrons. The van der Waals surface area contributed by atoms with Gasteiger partial charge in [-0.2, -0.15) is 0 Å². The number of carbonyl (C=O) groups excluding carboxylic acids is 3. The maximum absolute atomic E-state index is 13.4. The minimum Gasteiger partial charge on any atom is -0.445 e. The molecule has 0 saturated carbocycles. The van der Waals surface area contributed by atoms with Crippen LogP contribution < -0.4 is 15.5 Å². The Labute approximate surface area is 178 Å². The molecule has 9 heteroatoms. The molecule has 3 amide bonds. The molecule has 1 aliphatic heterocycles. The first kappa shape index (κ1) is 21.6. The summed E-state index contributed by atoms with van der Waals surface area (Å²) in [5, 5.41) is 4.97. The number of carbonyl (C=O) groups is 3. The number of alkyl carbamates (subject to hydrolysis) is 1. The van der Waals surface area contributed by atoms with Crippen LogP contribution in [0.25, 0.3) is 0 Å². The number of nitrogens with zero attached hydrogens (tertiary/aromatic N) is 1. The number of benzene rings is 2. The van der Waals surface area contributed by atoms with Crippen LogP contribution in [0.4, 0.5) is 14.9 Å². The van der Waals surface area contributed by atoms with Gasteiger partial charge < -0.3 is 20.3 Å². The summed E-state index contributed by atoms with van der Waals surface area (Å²) in [6.07, 6.45) is -0.673. The molecule has 1 fully saturated rings. The fourth-order valence-corrected chi connectivity index (χ4v) is 3.35. The number of ether oxygens (including phenoxy) is 1. The summed E-state index contributed by atoms with van der Waals surface area (Å²) in [5.74, 6) is -1.44. The van der Waals surface area contributed by atoms with Gasteiger partial charge in [-0.15, -0.1) is 0 Å². The van der Waals surface area contributed by atoms with Gasteiger partial charge >= 0.3 is 6.09 Å². The van der Waals surface area contributed by atoms with Gasteiger partial charge in [-0.25, -0.2) is 9.18 Å². The van der Waals surface area contributed by atoms with E-state index in [1.165, 1.54) is 23.1 Å². The van der Waals surface area contributed by atoms with E-state index in [9.17, 15) is 18.8 Å². The molecule has 1 aliphatic rings. The molecule has 0 aromatic heterocycles. The lowest BCUT2D eigenvalue weighted by Gasteiger charge is -2.24. The topological polar surface area (TPSA) is 87.7 Å². The lowest BCUT2D eigenvalue weighted by molar-refractivity contribution is -0.124. The van der Waals surface area contributed by atoms with E-state index in [-0.39, 0.29) is 24.0 Å². The van der Waals surface area contributed by atoms with Crippen molar-refractivity contribution >= 4 is 35.2 Å². The maximum Gasteiger partial charge on any atom is 0.408 e. The number of rotatable bonds is 6. The zero-order chi connectivity index (χ0) is 21.7. The van der Waals surface area contributed by atoms with Crippen LogP contribution in [0, 0.1) is 5.82 Å². The van der Waals surface area contributed by atoms with E-state index in [1.807, 2.05) is 30.3 Å². The fraction of sp³-hybridized carbons (Fsp3) is 0.286. The number of hydrogen-bond donors (Lipinski definition) is 2. The van der Waals surface area contributed by atoms with Crippen LogP contribution in [0.3, 0.4) is 0 Å². The highest BCUT2D eigenvalue weighted by atomic mass is 35.5. The number of nitrogens with one attached hydrogen (secondary N) is 2. The van der Waals surface area contributed by atoms with Crippen LogP contribution in [0.5, 0.6) is 0 Å². The highest BCUT2D eigenvalue weighted by molar-refractivity contribution is 6.31. The van der Waals surface area contributed by atoms with E-state index in [4.69, 9.17) is 16.3 Å². The Balaban J connectivity index is 1.58. The second kappa shape index (κ2) is 9.58. The average Bonchev–Trinajstić information content (AvgIpc) is 3.10. The standard InChI is InChI=1S/C21H21ClFN3O4/c1-2-26(14-8-9-16(23)15(22)10-14)20(28)18-11-17(19(27)24-18)25-21(29)30-12-13-6-4-3-5-7-13/h3-10,17-18H,2,11-12H2,1H3,(H,24,27)(H,25,29)/t17-,18-/m0/s1. The summed E-state index contributed by atoms with van der Waals surface area (Å²) in [5.41, 5.74) is 1.23. The molecule has 2 atom stereocenters. The Morgan fingerprint density at radius 1 is 1.27 bits per heavy atom. The molecule has 30 heavy (non-hydrogen) atoms. The van der Waals surface area contributed by atoms with Crippen molar-refractivity contribution < 1.29 is 23.5 Å². The number of halogens is 2. The summed E-state index contributed by atoms with van der Waals surface area (Å²) in [6, 6.07) is 11.4. The van der Waals surface area contributed by atoms with Crippen LogP contribution >= 0.6 is 11.6 Å². The molecule has 158 valence electrons. The predicted molar refractivity (Wildman–Crippen MR) is 110 cm³/mol. The van der Waals surface area contributed by atoms with Crippen LogP contribution in [0.1, 0.15) is 18.9 Å². The molecule has 7 nitrogen and oxygen atoms in total. The van der Waals surface area contributed by atoms with Gasteiger partial charge in [0.2, 0.25) is 11.8 Å². The monoisotopic (exact) mass is 433 g/mol. The molecule has 0 bridgehead atoms. The van der Waals surface area contributed by atoms with Crippen molar-refractivity contribution in [2.75, 3.05) is 11.4 Å². The molecular weight excluding hydrogens is 413 g/mol. The first-order valence-electron chi connectivity index (χ1n) is 9.43. The highest BCUT2D eigenvalue weighted by Crippen LogP contribution is 2.24. The van der Waals surface area contributed by atoms with Crippen molar-refractivity contribution in [2.24, 2.45) is 0 Å². The third-order valence-electron chi connectivity index (χ3n) is 4.70. The molecule has 0 spiro atoms. The average molecular weight is 434 g/mol. The normalized spacial score (nSPS) is 17.9. The quantitative estimate of drug-likeness (QED) is 0.733. The SMILES string of the molecule is CCN(C(=O)[C@@H]1C[C@H](NC(=O)OCc2ccccc2)C(=O)N1)c1ccc(F)c(Cl)c1. The molecular formula is C21H21ClFN3O4. The second-order valence-electron chi connectivity index (χ2n) is 6.74. The Kier molecular flexibility index (Phi) is 6.89. The van der Waals surface area contributed by atoms with Gasteiger partial charge in [0.25, 0.3) is 0 Å². The zero-order valence-corrected chi connectivity index (χ0v) is 17.0. The summed E-state index contributed by atoms with van der Waals surface area (Å²) >= 11 is 5.81. The van der Waals surface area contributed by atoms with Gasteiger partial charge in [-0.3, -0.25) is 9.59 Å². The van der Waals surface area contributed by atoms with Gasteiger partial charge in [0.15, 0.2) is 0 Å². The van der Waals surface area contributed by atoms with Gasteiger partial charge in [0.05, 0.1) is 5.02 Å². The van der Waals surface area contributed by atoms with E-state index in [0.717, 1.165) is 5.56 Å². The Hall–Kier alpha value is -3.13. The molecule has 1 heterocycles. The van der Waals surface area contributed by atoms with Crippen LogP contribution in [0.2, 0.25) is 5.02 Å². The molecule has 2 aromatic rings. The predicted octanol–water partition coefficient (Wildman–Crippen LogP) is 3.02. The molecule has 2 aromatic carbocycles. The van der Waals surface area contributed by atoms with Crippen molar-refractivity contribution in [2.45, 2.75) is 32.0 Å². The van der Waals surface area contributed by atoms with Gasteiger partial charge in [-0.05, 0) is 30.7 Å². The Morgan fingerprint density at radius 2 is 2.00 bits per heavy atom. The van der Waals surface area contributed by atoms with Gasteiger partial charge in [0.1, 0.15) is 24.5 Å². The van der Waals surface area contributed by atoms with Crippen molar-refractivity contribution in [3.8, 4) is 0 Å². The first-order chi connectivity index (χ1) is 14.4. The van der Waals surface area contributed by atoms with E-state index in [1.54, 1.807) is 6.92 Å². The largest absolute Gasteiger partial charge is 0.445 e. The second-order valence-corrected chi connectivity index (χ2v) is 7.14. The van der Waals surface area contributed by atoms with Gasteiger partial charge in [0, 0.05) is 18.7 Å². The van der Waals surface area contributed by atoms with Gasteiger partial charge in [-0.1, -0.05) is 41.9 Å². The number of hydrogen-bond acceptors (Lipinski definition) is 4. The minimum atomic E-state index is -0.891. The van der Waals surface area contributed by atoms with E-state index in [2.05, 4.69) is 10.6 Å². The lowest BCUT2D eigenvalue weighted by atomic mass is 10.1. The highest BCUT2D eigenvalue weighted by Gasteiger charge is 2.39. The smallest absolute Gasteiger partial charge is 0.408 e. The van der Waals surface area contributed by atoms with Crippen LogP contribution in [0.15, 0.2) is 48.5 Å². The number of amides is 3. The van der Waals surface area contributed by atoms with Crippen molar-refractivity contribution in [1.29, 1.82) is 0 Å². The van der Waals surface area contributed by atoms with Crippen molar-refractivity contribution in [3.63, 3.8) is 0 Å². The third kappa shape index (κ3) is 5.07. The van der Waals surface area contributed by atoms with E-state index >= 15 is 0 Å². The maximum atomic E-state index is 13.4. The molecule has 1 saturated heterocycles. The summed E-state index contributed by atoms with van der Waals surface area (Å²) < 4.78 is 18.5. The minimum absolute atomic E-state index is 0.0678. The molecule has 2 N–H and O–H groups in total. The van der Waals surface area contributed by atoms with Crippen molar-refractivity contribution in [1.82, 2.24) is 10.6 Å². The number of anilines is 1. The van der Waals surface area contributed by atoms with Crippen LogP contribution in [-0.2, 0) is 20.9 Å². The lowest BCUT2D eigenvalue weighted by Crippen LogP contribution is -2.44. The summed E-state index contributed by atoms with van der Waals surface area (Å²) in [6.45, 7) is 2.12. The van der Waals surface area contributed by atoms with Crippen LogP contribution in [-0.4, -0.2) is 36.5 Å². The summed E-state index contributed by atoms with van der Waals surface area (Å²) in [7, 11) is 0.